The van der Waals surface area contributed by atoms with Crippen LogP contribution in [-0.4, -0.2) is 26.5 Å². The van der Waals surface area contributed by atoms with E-state index >= 15 is 0 Å². The van der Waals surface area contributed by atoms with Crippen molar-refractivity contribution in [3.05, 3.63) is 100 Å². The minimum atomic E-state index is -0.483. The number of rotatable bonds is 7. The number of amides is 1. The van der Waals surface area contributed by atoms with Gasteiger partial charge in [0.25, 0.3) is 5.91 Å². The molecule has 0 atom stereocenters. The van der Waals surface area contributed by atoms with Gasteiger partial charge >= 0.3 is 0 Å². The van der Waals surface area contributed by atoms with Gasteiger partial charge in [0.15, 0.2) is 0 Å². The Labute approximate surface area is 210 Å². The molecule has 4 rings (SSSR count). The fourth-order valence-corrected chi connectivity index (χ4v) is 3.81. The zero-order valence-electron chi connectivity index (χ0n) is 20.3. The van der Waals surface area contributed by atoms with Crippen LogP contribution in [0.3, 0.4) is 0 Å². The van der Waals surface area contributed by atoms with E-state index in [0.717, 1.165) is 16.7 Å². The summed E-state index contributed by atoms with van der Waals surface area (Å²) in [4.78, 5) is 19.8. The van der Waals surface area contributed by atoms with Gasteiger partial charge in [-0.3, -0.25) is 4.79 Å². The molecule has 35 heavy (non-hydrogen) atoms. The van der Waals surface area contributed by atoms with Crippen molar-refractivity contribution in [2.24, 2.45) is 0 Å². The van der Waals surface area contributed by atoms with E-state index in [2.05, 4.69) is 10.1 Å². The van der Waals surface area contributed by atoms with E-state index in [9.17, 15) is 4.79 Å². The number of hydrogen-bond donors (Lipinski definition) is 0. The standard InChI is InChI=1S/C28H28ClN3O3/c1-19-9-7-11-20(15-19)26-30-25(35-31-26)17-32(28(2,3)4)27(33)21-12-8-13-23(16-21)34-18-22-10-5-6-14-24(22)29/h5-16H,17-18H2,1-4H3. The smallest absolute Gasteiger partial charge is 0.254 e. The Balaban J connectivity index is 1.52. The van der Waals surface area contributed by atoms with Crippen LogP contribution in [-0.2, 0) is 13.2 Å². The number of aryl methyl sites for hydroxylation is 1. The van der Waals surface area contributed by atoms with E-state index in [1.165, 1.54) is 0 Å². The second-order valence-corrected chi connectivity index (χ2v) is 9.76. The fourth-order valence-electron chi connectivity index (χ4n) is 3.62. The number of carbonyl (C=O) groups excluding carboxylic acids is 1. The van der Waals surface area contributed by atoms with Gasteiger partial charge in [-0.25, -0.2) is 0 Å². The number of ether oxygens (including phenoxy) is 1. The van der Waals surface area contributed by atoms with E-state index in [0.29, 0.717) is 34.7 Å². The van der Waals surface area contributed by atoms with Crippen molar-refractivity contribution >= 4 is 17.5 Å². The number of aromatic nitrogens is 2. The summed E-state index contributed by atoms with van der Waals surface area (Å²) >= 11 is 6.23. The lowest BCUT2D eigenvalue weighted by Crippen LogP contribution is -2.45. The molecule has 3 aromatic carbocycles. The molecule has 0 unspecified atom stereocenters. The van der Waals surface area contributed by atoms with Crippen LogP contribution in [0.1, 0.15) is 48.1 Å². The molecule has 1 aromatic heterocycles. The first-order valence-electron chi connectivity index (χ1n) is 11.4. The van der Waals surface area contributed by atoms with Gasteiger partial charge in [0, 0.05) is 27.3 Å². The predicted molar refractivity (Wildman–Crippen MR) is 136 cm³/mol. The number of carbonyl (C=O) groups is 1. The third-order valence-corrected chi connectivity index (χ3v) is 5.89. The molecular weight excluding hydrogens is 462 g/mol. The Hall–Kier alpha value is -3.64. The summed E-state index contributed by atoms with van der Waals surface area (Å²) in [5, 5.41) is 4.76. The molecule has 180 valence electrons. The summed E-state index contributed by atoms with van der Waals surface area (Å²) in [5.41, 5.74) is 2.88. The number of benzene rings is 3. The molecule has 6 nitrogen and oxygen atoms in total. The maximum absolute atomic E-state index is 13.6. The van der Waals surface area contributed by atoms with E-state index in [1.807, 2.05) is 82.3 Å². The monoisotopic (exact) mass is 489 g/mol. The summed E-state index contributed by atoms with van der Waals surface area (Å²) in [5.74, 6) is 1.30. The Kier molecular flexibility index (Phi) is 7.22. The predicted octanol–water partition coefficient (Wildman–Crippen LogP) is 6.72. The van der Waals surface area contributed by atoms with Crippen LogP contribution in [0.5, 0.6) is 5.75 Å². The molecule has 0 aliphatic carbocycles. The second-order valence-electron chi connectivity index (χ2n) is 9.35. The maximum Gasteiger partial charge on any atom is 0.254 e. The molecule has 0 N–H and O–H groups in total. The van der Waals surface area contributed by atoms with Crippen molar-refractivity contribution in [2.75, 3.05) is 0 Å². The second kappa shape index (κ2) is 10.3. The van der Waals surface area contributed by atoms with Crippen molar-refractivity contribution in [3.63, 3.8) is 0 Å². The molecule has 0 spiro atoms. The highest BCUT2D eigenvalue weighted by Crippen LogP contribution is 2.25. The molecule has 0 saturated heterocycles. The Bertz CT molecular complexity index is 1330. The van der Waals surface area contributed by atoms with Crippen LogP contribution in [0.4, 0.5) is 0 Å². The molecule has 0 saturated carbocycles. The quantitative estimate of drug-likeness (QED) is 0.288. The van der Waals surface area contributed by atoms with Gasteiger partial charge < -0.3 is 14.2 Å². The maximum atomic E-state index is 13.6. The van der Waals surface area contributed by atoms with Crippen molar-refractivity contribution in [3.8, 4) is 17.1 Å². The molecule has 0 fully saturated rings. The van der Waals surface area contributed by atoms with Gasteiger partial charge in [-0.2, -0.15) is 4.98 Å². The molecule has 0 bridgehead atoms. The van der Waals surface area contributed by atoms with Crippen molar-refractivity contribution in [1.29, 1.82) is 0 Å². The van der Waals surface area contributed by atoms with Crippen molar-refractivity contribution in [2.45, 2.75) is 46.4 Å². The van der Waals surface area contributed by atoms with Gasteiger partial charge in [-0.05, 0) is 58.0 Å². The number of nitrogens with zero attached hydrogens (tertiary/aromatic N) is 3. The summed E-state index contributed by atoms with van der Waals surface area (Å²) in [6.45, 7) is 8.42. The topological polar surface area (TPSA) is 68.5 Å². The summed E-state index contributed by atoms with van der Waals surface area (Å²) < 4.78 is 11.4. The summed E-state index contributed by atoms with van der Waals surface area (Å²) in [7, 11) is 0. The van der Waals surface area contributed by atoms with E-state index in [-0.39, 0.29) is 12.5 Å². The van der Waals surface area contributed by atoms with E-state index in [1.54, 1.807) is 23.1 Å². The molecule has 7 heteroatoms. The highest BCUT2D eigenvalue weighted by molar-refractivity contribution is 6.31. The lowest BCUT2D eigenvalue weighted by Gasteiger charge is -2.34. The van der Waals surface area contributed by atoms with Crippen molar-refractivity contribution in [1.82, 2.24) is 15.0 Å². The molecule has 0 radical (unpaired) electrons. The summed E-state index contributed by atoms with van der Waals surface area (Å²) in [6, 6.07) is 22.5. The third-order valence-electron chi connectivity index (χ3n) is 5.53. The van der Waals surface area contributed by atoms with Gasteiger partial charge in [-0.15, -0.1) is 0 Å². The zero-order valence-corrected chi connectivity index (χ0v) is 21.0. The van der Waals surface area contributed by atoms with E-state index < -0.39 is 5.54 Å². The Morgan fingerprint density at radius 3 is 2.54 bits per heavy atom. The lowest BCUT2D eigenvalue weighted by atomic mass is 10.0. The largest absolute Gasteiger partial charge is 0.489 e. The van der Waals surface area contributed by atoms with E-state index in [4.69, 9.17) is 20.9 Å². The highest BCUT2D eigenvalue weighted by Gasteiger charge is 2.29. The molecular formula is C28H28ClN3O3. The minimum absolute atomic E-state index is 0.156. The van der Waals surface area contributed by atoms with Crippen LogP contribution in [0.15, 0.2) is 77.3 Å². The van der Waals surface area contributed by atoms with Gasteiger partial charge in [-0.1, -0.05) is 64.8 Å². The third kappa shape index (κ3) is 6.08. The average Bonchev–Trinajstić information content (AvgIpc) is 3.30. The highest BCUT2D eigenvalue weighted by atomic mass is 35.5. The molecule has 1 amide bonds. The molecule has 4 aromatic rings. The zero-order chi connectivity index (χ0) is 25.0. The SMILES string of the molecule is Cc1cccc(-c2noc(CN(C(=O)c3cccc(OCc4ccccc4Cl)c3)C(C)(C)C)n2)c1. The van der Waals surface area contributed by atoms with Crippen molar-refractivity contribution < 1.29 is 14.1 Å². The summed E-state index contributed by atoms with van der Waals surface area (Å²) in [6.07, 6.45) is 0. The minimum Gasteiger partial charge on any atom is -0.489 e. The van der Waals surface area contributed by atoms with Gasteiger partial charge in [0.2, 0.25) is 11.7 Å². The first kappa shape index (κ1) is 24.5. The van der Waals surface area contributed by atoms with Crippen LogP contribution in [0.2, 0.25) is 5.02 Å². The first-order chi connectivity index (χ1) is 16.7. The number of halogens is 1. The van der Waals surface area contributed by atoms with Gasteiger partial charge in [0.05, 0.1) is 0 Å². The van der Waals surface area contributed by atoms with Crippen LogP contribution in [0.25, 0.3) is 11.4 Å². The average molecular weight is 490 g/mol. The fraction of sp³-hybridized carbons (Fsp3) is 0.250. The Morgan fingerprint density at radius 1 is 1.03 bits per heavy atom. The normalized spacial score (nSPS) is 11.3. The molecule has 0 aliphatic heterocycles. The molecule has 0 aliphatic rings. The van der Waals surface area contributed by atoms with Crippen LogP contribution in [0, 0.1) is 6.92 Å². The van der Waals surface area contributed by atoms with Gasteiger partial charge in [0.1, 0.15) is 18.9 Å². The number of hydrogen-bond acceptors (Lipinski definition) is 5. The van der Waals surface area contributed by atoms with Crippen LogP contribution >= 0.6 is 11.6 Å². The Morgan fingerprint density at radius 2 is 1.80 bits per heavy atom. The molecule has 1 heterocycles. The first-order valence-corrected chi connectivity index (χ1v) is 11.8. The van der Waals surface area contributed by atoms with Crippen LogP contribution < -0.4 is 4.74 Å². The lowest BCUT2D eigenvalue weighted by molar-refractivity contribution is 0.0526.